The van der Waals surface area contributed by atoms with E-state index in [0.29, 0.717) is 0 Å². The highest BCUT2D eigenvalue weighted by Gasteiger charge is 1.94. The minimum absolute atomic E-state index is 0.745. The van der Waals surface area contributed by atoms with Crippen molar-refractivity contribution in [3.05, 3.63) is 35.6 Å². The van der Waals surface area contributed by atoms with Crippen molar-refractivity contribution in [2.75, 3.05) is 6.61 Å². The van der Waals surface area contributed by atoms with Gasteiger partial charge in [0.1, 0.15) is 5.76 Å². The highest BCUT2D eigenvalue weighted by molar-refractivity contribution is 5.27. The van der Waals surface area contributed by atoms with E-state index >= 15 is 0 Å². The van der Waals surface area contributed by atoms with Crippen LogP contribution in [-0.4, -0.2) is 6.61 Å². The van der Waals surface area contributed by atoms with Crippen LogP contribution in [-0.2, 0) is 4.74 Å². The largest absolute Gasteiger partial charge is 0.494 e. The normalized spacial score (nSPS) is 16.9. The van der Waals surface area contributed by atoms with E-state index in [4.69, 9.17) is 4.74 Å². The second kappa shape index (κ2) is 4.02. The van der Waals surface area contributed by atoms with Crippen molar-refractivity contribution in [1.29, 1.82) is 0 Å². The highest BCUT2D eigenvalue weighted by atomic mass is 16.5. The predicted molar refractivity (Wildman–Crippen MR) is 47.2 cm³/mol. The molecule has 0 saturated heterocycles. The topological polar surface area (TPSA) is 9.23 Å². The Morgan fingerprint density at radius 3 is 2.91 bits per heavy atom. The molecule has 0 aliphatic heterocycles. The van der Waals surface area contributed by atoms with Crippen LogP contribution in [0.5, 0.6) is 0 Å². The molecule has 11 heavy (non-hydrogen) atoms. The third-order valence-corrected chi connectivity index (χ3v) is 1.58. The maximum Gasteiger partial charge on any atom is 0.115 e. The van der Waals surface area contributed by atoms with Gasteiger partial charge in [-0.25, -0.2) is 0 Å². The zero-order chi connectivity index (χ0) is 8.10. The van der Waals surface area contributed by atoms with Gasteiger partial charge in [-0.3, -0.25) is 0 Å². The number of allylic oxidation sites excluding steroid dienone is 5. The van der Waals surface area contributed by atoms with Gasteiger partial charge in [0.05, 0.1) is 6.61 Å². The van der Waals surface area contributed by atoms with Crippen molar-refractivity contribution in [1.82, 2.24) is 0 Å². The number of ether oxygens (including phenoxy) is 1. The van der Waals surface area contributed by atoms with Gasteiger partial charge in [0.15, 0.2) is 0 Å². The summed E-state index contributed by atoms with van der Waals surface area (Å²) in [6.07, 6.45) is 9.35. The lowest BCUT2D eigenvalue weighted by molar-refractivity contribution is 0.242. The molecule has 1 aliphatic rings. The molecule has 0 aromatic carbocycles. The minimum Gasteiger partial charge on any atom is -0.494 e. The molecule has 0 radical (unpaired) electrons. The molecule has 0 bridgehead atoms. The van der Waals surface area contributed by atoms with Crippen LogP contribution in [0.2, 0.25) is 0 Å². The zero-order valence-electron chi connectivity index (χ0n) is 7.13. The van der Waals surface area contributed by atoms with Gasteiger partial charge in [0.25, 0.3) is 0 Å². The third kappa shape index (κ3) is 2.62. The Labute approximate surface area is 68.1 Å². The Balaban J connectivity index is 2.58. The summed E-state index contributed by atoms with van der Waals surface area (Å²) in [7, 11) is 0. The summed E-state index contributed by atoms with van der Waals surface area (Å²) >= 11 is 0. The highest BCUT2D eigenvalue weighted by Crippen LogP contribution is 2.10. The van der Waals surface area contributed by atoms with Crippen LogP contribution in [0.3, 0.4) is 0 Å². The van der Waals surface area contributed by atoms with E-state index < -0.39 is 0 Å². The second-order valence-electron chi connectivity index (χ2n) is 2.56. The molecule has 1 aliphatic carbocycles. The molecular weight excluding hydrogens is 136 g/mol. The van der Waals surface area contributed by atoms with Crippen molar-refractivity contribution in [2.45, 2.75) is 20.3 Å². The fraction of sp³-hybridized carbons (Fsp3) is 0.400. The van der Waals surface area contributed by atoms with E-state index in [-0.39, 0.29) is 0 Å². The second-order valence-corrected chi connectivity index (χ2v) is 2.56. The van der Waals surface area contributed by atoms with Gasteiger partial charge in [0, 0.05) is 0 Å². The first-order chi connectivity index (χ1) is 5.33. The van der Waals surface area contributed by atoms with Gasteiger partial charge in [-0.15, -0.1) is 0 Å². The first-order valence-electron chi connectivity index (χ1n) is 4.00. The van der Waals surface area contributed by atoms with Crippen LogP contribution in [0.4, 0.5) is 0 Å². The van der Waals surface area contributed by atoms with Crippen LogP contribution >= 0.6 is 0 Å². The van der Waals surface area contributed by atoms with E-state index in [0.717, 1.165) is 18.8 Å². The molecule has 0 unspecified atom stereocenters. The van der Waals surface area contributed by atoms with Gasteiger partial charge in [-0.05, 0) is 32.4 Å². The molecule has 0 heterocycles. The number of hydrogen-bond acceptors (Lipinski definition) is 1. The van der Waals surface area contributed by atoms with Crippen molar-refractivity contribution in [3.63, 3.8) is 0 Å². The Hall–Kier alpha value is -0.980. The van der Waals surface area contributed by atoms with E-state index in [1.54, 1.807) is 0 Å². The Morgan fingerprint density at radius 1 is 1.36 bits per heavy atom. The molecule has 0 aromatic heterocycles. The van der Waals surface area contributed by atoms with E-state index in [9.17, 15) is 0 Å². The molecular formula is C10H14O. The lowest BCUT2D eigenvalue weighted by Crippen LogP contribution is -1.86. The lowest BCUT2D eigenvalue weighted by Gasteiger charge is -2.00. The Morgan fingerprint density at radius 2 is 2.18 bits per heavy atom. The summed E-state index contributed by atoms with van der Waals surface area (Å²) < 4.78 is 5.35. The quantitative estimate of drug-likeness (QED) is 0.588. The molecule has 0 fully saturated rings. The summed E-state index contributed by atoms with van der Waals surface area (Å²) in [5, 5.41) is 0. The summed E-state index contributed by atoms with van der Waals surface area (Å²) in [5.74, 6) is 0.987. The smallest absolute Gasteiger partial charge is 0.115 e. The van der Waals surface area contributed by atoms with Crippen molar-refractivity contribution in [3.8, 4) is 0 Å². The Bertz CT molecular complexity index is 209. The Kier molecular flexibility index (Phi) is 2.96. The molecule has 1 nitrogen and oxygen atoms in total. The summed E-state index contributed by atoms with van der Waals surface area (Å²) in [4.78, 5) is 0. The van der Waals surface area contributed by atoms with E-state index in [2.05, 4.69) is 25.2 Å². The van der Waals surface area contributed by atoms with Gasteiger partial charge in [-0.1, -0.05) is 17.7 Å². The molecule has 0 amide bonds. The van der Waals surface area contributed by atoms with E-state index in [1.807, 2.05) is 13.0 Å². The number of rotatable bonds is 2. The predicted octanol–water partition coefficient (Wildman–Crippen LogP) is 2.81. The first kappa shape index (κ1) is 8.12. The van der Waals surface area contributed by atoms with Crippen LogP contribution < -0.4 is 0 Å². The molecule has 0 spiro atoms. The van der Waals surface area contributed by atoms with Crippen LogP contribution in [0.15, 0.2) is 35.6 Å². The van der Waals surface area contributed by atoms with Crippen molar-refractivity contribution in [2.24, 2.45) is 0 Å². The molecule has 0 saturated carbocycles. The van der Waals surface area contributed by atoms with Gasteiger partial charge >= 0.3 is 0 Å². The third-order valence-electron chi connectivity index (χ3n) is 1.58. The minimum atomic E-state index is 0.745. The molecule has 1 rings (SSSR count). The standard InChI is InChI=1S/C10H14O/c1-3-11-10-6-4-5-9(2)7-8-10/h5-8H,3-4H2,1-2H3. The molecule has 0 atom stereocenters. The molecule has 0 N–H and O–H groups in total. The SMILES string of the molecule is CCOC1=CCC=C(C)C=C1. The first-order valence-corrected chi connectivity index (χ1v) is 4.00. The average Bonchev–Trinajstić information content (AvgIpc) is 2.17. The van der Waals surface area contributed by atoms with Gasteiger partial charge < -0.3 is 4.74 Å². The van der Waals surface area contributed by atoms with Gasteiger partial charge in [0.2, 0.25) is 0 Å². The summed E-state index contributed by atoms with van der Waals surface area (Å²) in [6.45, 7) is 4.84. The fourth-order valence-electron chi connectivity index (χ4n) is 0.984. The monoisotopic (exact) mass is 150 g/mol. The number of hydrogen-bond donors (Lipinski definition) is 0. The summed E-state index contributed by atoms with van der Waals surface area (Å²) in [6, 6.07) is 0. The maximum absolute atomic E-state index is 5.35. The lowest BCUT2D eigenvalue weighted by atomic mass is 10.2. The molecule has 0 aromatic rings. The van der Waals surface area contributed by atoms with Gasteiger partial charge in [-0.2, -0.15) is 0 Å². The molecule has 1 heteroatoms. The van der Waals surface area contributed by atoms with Crippen LogP contribution in [0.25, 0.3) is 0 Å². The average molecular weight is 150 g/mol. The van der Waals surface area contributed by atoms with E-state index in [1.165, 1.54) is 5.57 Å². The van der Waals surface area contributed by atoms with Crippen LogP contribution in [0.1, 0.15) is 20.3 Å². The molecule has 60 valence electrons. The van der Waals surface area contributed by atoms with Crippen LogP contribution in [0, 0.1) is 0 Å². The van der Waals surface area contributed by atoms with Crippen molar-refractivity contribution >= 4 is 0 Å². The fourth-order valence-corrected chi connectivity index (χ4v) is 0.984. The van der Waals surface area contributed by atoms with Crippen molar-refractivity contribution < 1.29 is 4.74 Å². The summed E-state index contributed by atoms with van der Waals surface area (Å²) in [5.41, 5.74) is 1.30. The maximum atomic E-state index is 5.35. The zero-order valence-corrected chi connectivity index (χ0v) is 7.13.